The topological polar surface area (TPSA) is 112 Å². The largest absolute Gasteiger partial charge is 0.492 e. The maximum absolute atomic E-state index is 12.7. The third-order valence-corrected chi connectivity index (χ3v) is 6.16. The highest BCUT2D eigenvalue weighted by molar-refractivity contribution is 5.94. The molecule has 0 saturated carbocycles. The van der Waals surface area contributed by atoms with Gasteiger partial charge in [-0.05, 0) is 43.0 Å². The summed E-state index contributed by atoms with van der Waals surface area (Å²) < 4.78 is 11.3. The molecule has 2 fully saturated rings. The lowest BCUT2D eigenvalue weighted by Gasteiger charge is -2.32. The van der Waals surface area contributed by atoms with E-state index < -0.39 is 6.09 Å². The second kappa shape index (κ2) is 10.6. The highest BCUT2D eigenvalue weighted by atomic mass is 16.5. The Labute approximate surface area is 192 Å². The van der Waals surface area contributed by atoms with E-state index in [9.17, 15) is 14.7 Å². The predicted octanol–water partition coefficient (Wildman–Crippen LogP) is 2.35. The summed E-state index contributed by atoms with van der Waals surface area (Å²) in [5.41, 5.74) is 2.27. The molecule has 33 heavy (non-hydrogen) atoms. The van der Waals surface area contributed by atoms with Gasteiger partial charge in [0.25, 0.3) is 5.91 Å². The number of carbonyl (C=O) groups excluding carboxylic acids is 1. The van der Waals surface area contributed by atoms with E-state index in [1.165, 1.54) is 4.90 Å². The Morgan fingerprint density at radius 3 is 2.45 bits per heavy atom. The molecule has 1 aromatic heterocycles. The molecule has 1 unspecified atom stereocenters. The Morgan fingerprint density at radius 2 is 1.82 bits per heavy atom. The molecule has 2 aromatic rings. The molecule has 0 radical (unpaired) electrons. The van der Waals surface area contributed by atoms with E-state index in [4.69, 9.17) is 14.6 Å². The number of piperidine rings is 1. The molecule has 3 heterocycles. The highest BCUT2D eigenvalue weighted by Gasteiger charge is 2.25. The number of benzene rings is 1. The number of rotatable bonds is 6. The Balaban J connectivity index is 1.30. The fraction of sp³-hybridized carbons (Fsp3) is 0.458. The number of likely N-dealkylation sites (tertiary alicyclic amines) is 1. The average molecular weight is 456 g/mol. The molecule has 9 heteroatoms. The summed E-state index contributed by atoms with van der Waals surface area (Å²) in [5.74, 6) is 0.940. The quantitative estimate of drug-likeness (QED) is 0.688. The fourth-order valence-electron chi connectivity index (χ4n) is 4.12. The van der Waals surface area contributed by atoms with Crippen LogP contribution in [0.2, 0.25) is 0 Å². The molecule has 176 valence electrons. The number of nitrogens with zero attached hydrogens (tertiary/aromatic N) is 3. The number of hydrogen-bond donors (Lipinski definition) is 2. The number of carboxylic acid groups (broad SMARTS) is 1. The van der Waals surface area contributed by atoms with Crippen LogP contribution in [0.3, 0.4) is 0 Å². The number of carbonyl (C=O) groups is 2. The minimum Gasteiger partial charge on any atom is -0.492 e. The molecule has 9 nitrogen and oxygen atoms in total. The van der Waals surface area contributed by atoms with E-state index in [2.05, 4.69) is 4.98 Å². The van der Waals surface area contributed by atoms with E-state index in [0.717, 1.165) is 24.1 Å². The average Bonchev–Trinajstić information content (AvgIpc) is 2.87. The summed E-state index contributed by atoms with van der Waals surface area (Å²) in [6.07, 6.45) is 2.10. The van der Waals surface area contributed by atoms with Crippen LogP contribution >= 0.6 is 0 Å². The first-order chi connectivity index (χ1) is 16.0. The molecule has 2 saturated heterocycles. The van der Waals surface area contributed by atoms with Crippen LogP contribution in [0, 0.1) is 5.92 Å². The van der Waals surface area contributed by atoms with Crippen molar-refractivity contribution in [3.63, 3.8) is 0 Å². The van der Waals surface area contributed by atoms with Gasteiger partial charge in [-0.2, -0.15) is 0 Å². The minimum atomic E-state index is -0.858. The SMILES string of the molecule is O=C(O)N1CCC(COc2ccc(-c3ccc(C(=O)N4CCOC(CO)C4)cc3)nc2)CC1. The number of ether oxygens (including phenoxy) is 2. The van der Waals surface area contributed by atoms with Crippen molar-refractivity contribution in [1.29, 1.82) is 0 Å². The van der Waals surface area contributed by atoms with Gasteiger partial charge >= 0.3 is 6.09 Å². The van der Waals surface area contributed by atoms with E-state index in [-0.39, 0.29) is 18.6 Å². The lowest BCUT2D eigenvalue weighted by molar-refractivity contribution is -0.0447. The van der Waals surface area contributed by atoms with Crippen molar-refractivity contribution in [2.24, 2.45) is 5.92 Å². The van der Waals surface area contributed by atoms with Gasteiger partial charge in [0.15, 0.2) is 0 Å². The zero-order chi connectivity index (χ0) is 23.2. The normalized spacial score (nSPS) is 19.4. The van der Waals surface area contributed by atoms with Crippen LogP contribution < -0.4 is 4.74 Å². The monoisotopic (exact) mass is 455 g/mol. The number of aromatic nitrogens is 1. The van der Waals surface area contributed by atoms with Crippen molar-refractivity contribution in [2.45, 2.75) is 18.9 Å². The standard InChI is InChI=1S/C24H29N3O6/c28-15-21-14-27(11-12-32-21)23(29)19-3-1-18(2-4-19)22-6-5-20(13-25-22)33-16-17-7-9-26(10-8-17)24(30)31/h1-6,13,17,21,28H,7-12,14-16H2,(H,30,31). The number of pyridine rings is 1. The van der Waals surface area contributed by atoms with Crippen molar-refractivity contribution in [3.05, 3.63) is 48.2 Å². The molecule has 1 aromatic carbocycles. The second-order valence-corrected chi connectivity index (χ2v) is 8.41. The van der Waals surface area contributed by atoms with Crippen molar-refractivity contribution in [3.8, 4) is 17.0 Å². The summed E-state index contributed by atoms with van der Waals surface area (Å²) in [7, 11) is 0. The van der Waals surface area contributed by atoms with E-state index in [0.29, 0.717) is 56.6 Å². The molecule has 2 amide bonds. The molecular formula is C24H29N3O6. The van der Waals surface area contributed by atoms with Gasteiger partial charge in [0.1, 0.15) is 5.75 Å². The minimum absolute atomic E-state index is 0.0748. The Bertz CT molecular complexity index is 942. The summed E-state index contributed by atoms with van der Waals surface area (Å²) in [5, 5.41) is 18.3. The van der Waals surface area contributed by atoms with Gasteiger partial charge in [0.05, 0.1) is 37.8 Å². The summed E-state index contributed by atoms with van der Waals surface area (Å²) >= 11 is 0. The number of amides is 2. The number of morpholine rings is 1. The zero-order valence-corrected chi connectivity index (χ0v) is 18.4. The first kappa shape index (κ1) is 23.0. The van der Waals surface area contributed by atoms with E-state index in [1.807, 2.05) is 24.3 Å². The lowest BCUT2D eigenvalue weighted by atomic mass is 9.98. The van der Waals surface area contributed by atoms with Crippen LogP contribution in [0.1, 0.15) is 23.2 Å². The molecule has 0 spiro atoms. The first-order valence-electron chi connectivity index (χ1n) is 11.2. The van der Waals surface area contributed by atoms with Crippen LogP contribution in [-0.2, 0) is 4.74 Å². The van der Waals surface area contributed by atoms with Crippen LogP contribution in [0.25, 0.3) is 11.3 Å². The summed E-state index contributed by atoms with van der Waals surface area (Å²) in [6, 6.07) is 11.1. The van der Waals surface area contributed by atoms with Gasteiger partial charge in [-0.25, -0.2) is 4.79 Å². The van der Waals surface area contributed by atoms with E-state index in [1.54, 1.807) is 23.2 Å². The van der Waals surface area contributed by atoms with Gasteiger partial charge in [0.2, 0.25) is 0 Å². The number of hydrogen-bond acceptors (Lipinski definition) is 6. The molecule has 2 aliphatic rings. The molecule has 4 rings (SSSR count). The van der Waals surface area contributed by atoms with Crippen LogP contribution in [-0.4, -0.2) is 89.1 Å². The Morgan fingerprint density at radius 1 is 1.06 bits per heavy atom. The lowest BCUT2D eigenvalue weighted by Crippen LogP contribution is -2.46. The predicted molar refractivity (Wildman–Crippen MR) is 120 cm³/mol. The van der Waals surface area contributed by atoms with Gasteiger partial charge in [-0.15, -0.1) is 0 Å². The second-order valence-electron chi connectivity index (χ2n) is 8.41. The third-order valence-electron chi connectivity index (χ3n) is 6.16. The van der Waals surface area contributed by atoms with Crippen LogP contribution in [0.15, 0.2) is 42.6 Å². The molecule has 2 N–H and O–H groups in total. The molecule has 0 bridgehead atoms. The molecular weight excluding hydrogens is 426 g/mol. The first-order valence-corrected chi connectivity index (χ1v) is 11.2. The van der Waals surface area contributed by atoms with Crippen molar-refractivity contribution >= 4 is 12.0 Å². The maximum Gasteiger partial charge on any atom is 0.407 e. The molecule has 0 aliphatic carbocycles. The van der Waals surface area contributed by atoms with E-state index >= 15 is 0 Å². The van der Waals surface area contributed by atoms with Crippen molar-refractivity contribution < 1.29 is 29.3 Å². The zero-order valence-electron chi connectivity index (χ0n) is 18.4. The third kappa shape index (κ3) is 5.80. The Kier molecular flexibility index (Phi) is 7.41. The van der Waals surface area contributed by atoms with Gasteiger partial charge < -0.3 is 29.5 Å². The van der Waals surface area contributed by atoms with Crippen molar-refractivity contribution in [2.75, 3.05) is 46.0 Å². The van der Waals surface area contributed by atoms with Gasteiger partial charge in [-0.1, -0.05) is 12.1 Å². The van der Waals surface area contributed by atoms with Gasteiger partial charge in [-0.3, -0.25) is 9.78 Å². The van der Waals surface area contributed by atoms with Gasteiger partial charge in [0, 0.05) is 37.3 Å². The van der Waals surface area contributed by atoms with Crippen molar-refractivity contribution in [1.82, 2.24) is 14.8 Å². The molecule has 1 atom stereocenters. The van der Waals surface area contributed by atoms with Crippen LogP contribution in [0.4, 0.5) is 4.79 Å². The molecule has 2 aliphatic heterocycles. The smallest absolute Gasteiger partial charge is 0.407 e. The van der Waals surface area contributed by atoms with Crippen LogP contribution in [0.5, 0.6) is 5.75 Å². The Hall–Kier alpha value is -3.17. The summed E-state index contributed by atoms with van der Waals surface area (Å²) in [6.45, 7) is 2.87. The number of aliphatic hydroxyl groups excluding tert-OH is 1. The highest BCUT2D eigenvalue weighted by Crippen LogP contribution is 2.23. The summed E-state index contributed by atoms with van der Waals surface area (Å²) in [4.78, 5) is 31.4. The number of aliphatic hydroxyl groups is 1. The fourth-order valence-corrected chi connectivity index (χ4v) is 4.12. The maximum atomic E-state index is 12.7.